The Labute approximate surface area is 146 Å². The summed E-state index contributed by atoms with van der Waals surface area (Å²) in [4.78, 5) is 26.6. The predicted octanol–water partition coefficient (Wildman–Crippen LogP) is 3.42. The molecule has 0 radical (unpaired) electrons. The quantitative estimate of drug-likeness (QED) is 0.797. The van der Waals surface area contributed by atoms with Gasteiger partial charge in [-0.05, 0) is 30.0 Å². The van der Waals surface area contributed by atoms with Gasteiger partial charge in [-0.1, -0.05) is 54.1 Å². The monoisotopic (exact) mass is 330 g/mol. The summed E-state index contributed by atoms with van der Waals surface area (Å²) >= 11 is 0. The Balaban J connectivity index is 1.51. The number of aryl methyl sites for hydroxylation is 1. The van der Waals surface area contributed by atoms with Gasteiger partial charge in [-0.25, -0.2) is 0 Å². The van der Waals surface area contributed by atoms with Crippen LogP contribution in [0, 0.1) is 6.92 Å². The molecule has 124 valence electrons. The van der Waals surface area contributed by atoms with Gasteiger partial charge >= 0.3 is 0 Å². The highest BCUT2D eigenvalue weighted by atomic mass is 16.2. The van der Waals surface area contributed by atoms with E-state index in [4.69, 9.17) is 0 Å². The van der Waals surface area contributed by atoms with Crippen molar-refractivity contribution < 1.29 is 9.59 Å². The minimum absolute atomic E-state index is 0.0262. The van der Waals surface area contributed by atoms with Crippen molar-refractivity contribution in [3.8, 4) is 0 Å². The van der Waals surface area contributed by atoms with Crippen LogP contribution in [0.4, 0.5) is 5.69 Å². The molecule has 1 N–H and O–H groups in total. The zero-order valence-corrected chi connectivity index (χ0v) is 14.0. The van der Waals surface area contributed by atoms with Gasteiger partial charge in [0.1, 0.15) is 6.54 Å². The molecule has 1 aliphatic rings. The van der Waals surface area contributed by atoms with Gasteiger partial charge < -0.3 is 5.32 Å². The van der Waals surface area contributed by atoms with Crippen molar-refractivity contribution in [3.63, 3.8) is 0 Å². The average Bonchev–Trinajstić information content (AvgIpc) is 2.88. The summed E-state index contributed by atoms with van der Waals surface area (Å²) in [7, 11) is 0. The van der Waals surface area contributed by atoms with Crippen molar-refractivity contribution in [1.82, 2.24) is 5.32 Å². The maximum Gasteiger partial charge on any atom is 0.259 e. The Bertz CT molecular complexity index is 989. The smallest absolute Gasteiger partial charge is 0.259 e. The minimum atomic E-state index is -0.167. The number of nitrogens with zero attached hydrogens (tertiary/aromatic N) is 1. The van der Waals surface area contributed by atoms with Crippen LogP contribution in [-0.4, -0.2) is 18.4 Å². The fourth-order valence-corrected chi connectivity index (χ4v) is 3.36. The van der Waals surface area contributed by atoms with Gasteiger partial charge in [0.15, 0.2) is 0 Å². The van der Waals surface area contributed by atoms with Crippen molar-refractivity contribution >= 4 is 28.3 Å². The topological polar surface area (TPSA) is 49.4 Å². The highest BCUT2D eigenvalue weighted by Gasteiger charge is 2.30. The highest BCUT2D eigenvalue weighted by Crippen LogP contribution is 2.36. The van der Waals surface area contributed by atoms with E-state index in [0.717, 1.165) is 27.6 Å². The van der Waals surface area contributed by atoms with Crippen LogP contribution in [0.2, 0.25) is 0 Å². The second-order valence-electron chi connectivity index (χ2n) is 6.34. The molecule has 3 aromatic rings. The second kappa shape index (κ2) is 6.06. The number of hydrogen-bond donors (Lipinski definition) is 1. The summed E-state index contributed by atoms with van der Waals surface area (Å²) in [6, 6.07) is 19.5. The Morgan fingerprint density at radius 2 is 1.80 bits per heavy atom. The number of anilines is 1. The van der Waals surface area contributed by atoms with Crippen LogP contribution in [0.5, 0.6) is 0 Å². The first-order chi connectivity index (χ1) is 12.1. The predicted molar refractivity (Wildman–Crippen MR) is 98.7 cm³/mol. The normalized spacial score (nSPS) is 12.7. The molecule has 1 heterocycles. The van der Waals surface area contributed by atoms with Crippen molar-refractivity contribution in [3.05, 3.63) is 77.4 Å². The molecule has 0 unspecified atom stereocenters. The molecule has 4 rings (SSSR count). The summed E-state index contributed by atoms with van der Waals surface area (Å²) in [6.45, 7) is 2.50. The number of benzene rings is 3. The van der Waals surface area contributed by atoms with E-state index >= 15 is 0 Å². The molecule has 0 saturated carbocycles. The van der Waals surface area contributed by atoms with Gasteiger partial charge in [-0.15, -0.1) is 0 Å². The molecule has 0 aliphatic carbocycles. The lowest BCUT2D eigenvalue weighted by molar-refractivity contribution is -0.119. The fraction of sp³-hybridized carbons (Fsp3) is 0.143. The van der Waals surface area contributed by atoms with E-state index < -0.39 is 0 Å². The van der Waals surface area contributed by atoms with Crippen molar-refractivity contribution in [2.24, 2.45) is 0 Å². The first kappa shape index (κ1) is 15.4. The van der Waals surface area contributed by atoms with Gasteiger partial charge in [0.25, 0.3) is 5.91 Å². The van der Waals surface area contributed by atoms with Crippen LogP contribution >= 0.6 is 0 Å². The SMILES string of the molecule is Cc1cccc(CNC(=O)CN2C(=O)c3cccc4cccc2c34)c1. The maximum absolute atomic E-state index is 12.7. The molecule has 1 aliphatic heterocycles. The van der Waals surface area contributed by atoms with Gasteiger partial charge in [0, 0.05) is 17.5 Å². The van der Waals surface area contributed by atoms with Crippen molar-refractivity contribution in [2.45, 2.75) is 13.5 Å². The average molecular weight is 330 g/mol. The van der Waals surface area contributed by atoms with Crippen LogP contribution < -0.4 is 10.2 Å². The van der Waals surface area contributed by atoms with E-state index in [1.807, 2.05) is 67.6 Å². The number of hydrogen-bond acceptors (Lipinski definition) is 2. The third-order valence-corrected chi connectivity index (χ3v) is 4.52. The number of carbonyl (C=O) groups excluding carboxylic acids is 2. The molecule has 0 fully saturated rings. The van der Waals surface area contributed by atoms with E-state index in [1.54, 1.807) is 4.90 Å². The van der Waals surface area contributed by atoms with Crippen LogP contribution in [0.3, 0.4) is 0 Å². The summed E-state index contributed by atoms with van der Waals surface area (Å²) < 4.78 is 0. The molecular formula is C21H18N2O2. The van der Waals surface area contributed by atoms with Crippen LogP contribution in [0.15, 0.2) is 60.7 Å². The van der Waals surface area contributed by atoms with E-state index in [9.17, 15) is 9.59 Å². The Morgan fingerprint density at radius 3 is 2.60 bits per heavy atom. The minimum Gasteiger partial charge on any atom is -0.350 e. The molecule has 4 heteroatoms. The second-order valence-corrected chi connectivity index (χ2v) is 6.34. The van der Waals surface area contributed by atoms with E-state index in [-0.39, 0.29) is 18.4 Å². The molecule has 3 aromatic carbocycles. The zero-order chi connectivity index (χ0) is 17.4. The van der Waals surface area contributed by atoms with Gasteiger partial charge in [-0.3, -0.25) is 14.5 Å². The van der Waals surface area contributed by atoms with Gasteiger partial charge in [0.2, 0.25) is 5.91 Å². The summed E-state index contributed by atoms with van der Waals surface area (Å²) in [6.07, 6.45) is 0. The van der Waals surface area contributed by atoms with Crippen LogP contribution in [0.25, 0.3) is 10.8 Å². The number of rotatable bonds is 4. The number of carbonyl (C=O) groups is 2. The highest BCUT2D eigenvalue weighted by molar-refractivity contribution is 6.26. The molecule has 0 spiro atoms. The summed E-state index contributed by atoms with van der Waals surface area (Å²) in [5.41, 5.74) is 3.68. The molecule has 0 saturated heterocycles. The maximum atomic E-state index is 12.7. The van der Waals surface area contributed by atoms with Gasteiger partial charge in [-0.2, -0.15) is 0 Å². The molecule has 25 heavy (non-hydrogen) atoms. The number of nitrogens with one attached hydrogen (secondary N) is 1. The lowest BCUT2D eigenvalue weighted by Crippen LogP contribution is -2.38. The lowest BCUT2D eigenvalue weighted by Gasteiger charge is -2.17. The van der Waals surface area contributed by atoms with Gasteiger partial charge in [0.05, 0.1) is 5.69 Å². The Kier molecular flexibility index (Phi) is 3.73. The fourth-order valence-electron chi connectivity index (χ4n) is 3.36. The van der Waals surface area contributed by atoms with E-state index in [1.165, 1.54) is 0 Å². The Hall–Kier alpha value is -3.14. The summed E-state index contributed by atoms with van der Waals surface area (Å²) in [5.74, 6) is -0.280. The van der Waals surface area contributed by atoms with Crippen molar-refractivity contribution in [2.75, 3.05) is 11.4 Å². The van der Waals surface area contributed by atoms with E-state index in [0.29, 0.717) is 12.1 Å². The van der Waals surface area contributed by atoms with Crippen LogP contribution in [-0.2, 0) is 11.3 Å². The Morgan fingerprint density at radius 1 is 1.04 bits per heavy atom. The number of amides is 2. The molecular weight excluding hydrogens is 312 g/mol. The molecule has 0 atom stereocenters. The largest absolute Gasteiger partial charge is 0.350 e. The van der Waals surface area contributed by atoms with Crippen molar-refractivity contribution in [1.29, 1.82) is 0 Å². The molecule has 4 nitrogen and oxygen atoms in total. The van der Waals surface area contributed by atoms with E-state index in [2.05, 4.69) is 5.32 Å². The lowest BCUT2D eigenvalue weighted by atomic mass is 10.1. The third-order valence-electron chi connectivity index (χ3n) is 4.52. The molecule has 0 bridgehead atoms. The first-order valence-corrected chi connectivity index (χ1v) is 8.29. The standard InChI is InChI=1S/C21H18N2O2/c1-14-5-2-6-15(11-14)12-22-19(24)13-23-18-10-4-8-16-7-3-9-17(20(16)18)21(23)25/h2-11H,12-13H2,1H3,(H,22,24). The molecule has 2 amide bonds. The summed E-state index contributed by atoms with van der Waals surface area (Å²) in [5, 5.41) is 4.85. The zero-order valence-electron chi connectivity index (χ0n) is 14.0. The third kappa shape index (κ3) is 2.76. The molecule has 0 aromatic heterocycles. The first-order valence-electron chi connectivity index (χ1n) is 8.29. The van der Waals surface area contributed by atoms with Crippen LogP contribution in [0.1, 0.15) is 21.5 Å².